The van der Waals surface area contributed by atoms with Crippen LogP contribution in [0.4, 0.5) is 4.39 Å². The summed E-state index contributed by atoms with van der Waals surface area (Å²) < 4.78 is 24.8. The van der Waals surface area contributed by atoms with Crippen molar-refractivity contribution in [3.8, 4) is 5.75 Å². The van der Waals surface area contributed by atoms with E-state index in [0.29, 0.717) is 49.4 Å². The molecule has 1 spiro atoms. The summed E-state index contributed by atoms with van der Waals surface area (Å²) in [5, 5.41) is 0. The number of carbonyl (C=O) groups is 1. The van der Waals surface area contributed by atoms with Gasteiger partial charge in [0.25, 0.3) is 5.91 Å². The van der Waals surface area contributed by atoms with E-state index in [1.165, 1.54) is 18.2 Å². The fraction of sp³-hybridized carbons (Fsp3) is 0.632. The Morgan fingerprint density at radius 1 is 1.24 bits per heavy atom. The first-order valence-electron chi connectivity index (χ1n) is 9.13. The highest BCUT2D eigenvalue weighted by atomic mass is 19.1. The summed E-state index contributed by atoms with van der Waals surface area (Å²) in [5.74, 6) is -0.136. The van der Waals surface area contributed by atoms with Gasteiger partial charge in [-0.2, -0.15) is 0 Å². The highest BCUT2D eigenvalue weighted by Gasteiger charge is 2.37. The molecule has 2 N–H and O–H groups in total. The fourth-order valence-electron chi connectivity index (χ4n) is 3.72. The second-order valence-electron chi connectivity index (χ2n) is 7.04. The van der Waals surface area contributed by atoms with Crippen LogP contribution in [-0.2, 0) is 4.74 Å². The molecule has 2 fully saturated rings. The quantitative estimate of drug-likeness (QED) is 0.829. The number of hydrogen-bond acceptors (Lipinski definition) is 4. The zero-order valence-corrected chi connectivity index (χ0v) is 14.6. The third kappa shape index (κ3) is 4.30. The summed E-state index contributed by atoms with van der Waals surface area (Å²) in [7, 11) is 0. The van der Waals surface area contributed by atoms with Crippen LogP contribution in [0.5, 0.6) is 5.75 Å². The summed E-state index contributed by atoms with van der Waals surface area (Å²) in [5.41, 5.74) is 6.10. The van der Waals surface area contributed by atoms with Gasteiger partial charge in [-0.1, -0.05) is 0 Å². The summed E-state index contributed by atoms with van der Waals surface area (Å²) >= 11 is 0. The number of hydrogen-bond donors (Lipinski definition) is 1. The van der Waals surface area contributed by atoms with E-state index in [2.05, 4.69) is 0 Å². The summed E-state index contributed by atoms with van der Waals surface area (Å²) in [6.07, 6.45) is 4.81. The largest absolute Gasteiger partial charge is 0.493 e. The van der Waals surface area contributed by atoms with Crippen molar-refractivity contribution < 1.29 is 18.7 Å². The molecule has 0 aliphatic carbocycles. The van der Waals surface area contributed by atoms with E-state index in [4.69, 9.17) is 15.2 Å². The molecular formula is C19H27FN2O3. The SMILES string of the molecule is NCCCOc1ccc(F)cc1C(=O)N1CCC2(CCOCC2)CC1. The molecule has 2 saturated heterocycles. The Hall–Kier alpha value is -1.66. The van der Waals surface area contributed by atoms with Crippen LogP contribution in [0.1, 0.15) is 42.5 Å². The maximum absolute atomic E-state index is 13.7. The molecule has 0 atom stereocenters. The monoisotopic (exact) mass is 350 g/mol. The molecule has 25 heavy (non-hydrogen) atoms. The average Bonchev–Trinajstić information content (AvgIpc) is 2.64. The Bertz CT molecular complexity index is 592. The van der Waals surface area contributed by atoms with Crippen molar-refractivity contribution in [2.75, 3.05) is 39.5 Å². The number of ether oxygens (including phenoxy) is 2. The standard InChI is InChI=1S/C19H27FN2O3/c20-15-2-3-17(25-11-1-8-21)16(14-15)18(23)22-9-4-19(5-10-22)6-12-24-13-7-19/h2-3,14H,1,4-13,21H2. The predicted molar refractivity (Wildman–Crippen MR) is 93.2 cm³/mol. The predicted octanol–water partition coefficient (Wildman–Crippen LogP) is 2.59. The van der Waals surface area contributed by atoms with Crippen molar-refractivity contribution >= 4 is 5.91 Å². The normalized spacial score (nSPS) is 19.8. The molecule has 1 aromatic rings. The van der Waals surface area contributed by atoms with E-state index in [0.717, 1.165) is 38.9 Å². The van der Waals surface area contributed by atoms with E-state index < -0.39 is 5.82 Å². The van der Waals surface area contributed by atoms with E-state index >= 15 is 0 Å². The first kappa shape index (κ1) is 18.1. The van der Waals surface area contributed by atoms with E-state index in [1.807, 2.05) is 4.90 Å². The molecule has 2 aliphatic heterocycles. The fourth-order valence-corrected chi connectivity index (χ4v) is 3.72. The van der Waals surface area contributed by atoms with Crippen LogP contribution in [0.15, 0.2) is 18.2 Å². The third-order valence-corrected chi connectivity index (χ3v) is 5.44. The van der Waals surface area contributed by atoms with Crippen LogP contribution in [0, 0.1) is 11.2 Å². The Kier molecular flexibility index (Phi) is 5.91. The molecule has 0 bridgehead atoms. The summed E-state index contributed by atoms with van der Waals surface area (Å²) in [6.45, 7) is 3.98. The van der Waals surface area contributed by atoms with Crippen molar-refractivity contribution in [1.29, 1.82) is 0 Å². The first-order chi connectivity index (χ1) is 12.1. The van der Waals surface area contributed by atoms with Crippen LogP contribution in [0.25, 0.3) is 0 Å². The molecule has 1 aromatic carbocycles. The van der Waals surface area contributed by atoms with Gasteiger partial charge in [-0.25, -0.2) is 4.39 Å². The van der Waals surface area contributed by atoms with Gasteiger partial charge >= 0.3 is 0 Å². The van der Waals surface area contributed by atoms with E-state index in [-0.39, 0.29) is 5.91 Å². The zero-order chi connectivity index (χ0) is 17.7. The van der Waals surface area contributed by atoms with Gasteiger partial charge in [0, 0.05) is 26.3 Å². The van der Waals surface area contributed by atoms with Gasteiger partial charge in [0.1, 0.15) is 11.6 Å². The number of rotatable bonds is 5. The van der Waals surface area contributed by atoms with Crippen molar-refractivity contribution in [2.45, 2.75) is 32.1 Å². The minimum atomic E-state index is -0.424. The maximum Gasteiger partial charge on any atom is 0.257 e. The molecule has 0 saturated carbocycles. The molecule has 3 rings (SSSR count). The molecule has 6 heteroatoms. The molecular weight excluding hydrogens is 323 g/mol. The molecule has 2 aliphatic rings. The van der Waals surface area contributed by atoms with Gasteiger partial charge in [0.05, 0.1) is 12.2 Å². The van der Waals surface area contributed by atoms with E-state index in [1.54, 1.807) is 0 Å². The van der Waals surface area contributed by atoms with Crippen LogP contribution < -0.4 is 10.5 Å². The topological polar surface area (TPSA) is 64.8 Å². The second kappa shape index (κ2) is 8.15. The Morgan fingerprint density at radius 2 is 1.96 bits per heavy atom. The van der Waals surface area contributed by atoms with Gasteiger partial charge in [0.15, 0.2) is 0 Å². The number of halogens is 1. The number of likely N-dealkylation sites (tertiary alicyclic amines) is 1. The number of benzene rings is 1. The lowest BCUT2D eigenvalue weighted by molar-refractivity contribution is -0.0176. The van der Waals surface area contributed by atoms with Crippen molar-refractivity contribution in [3.63, 3.8) is 0 Å². The van der Waals surface area contributed by atoms with Crippen LogP contribution in [0.3, 0.4) is 0 Å². The lowest BCUT2D eigenvalue weighted by Gasteiger charge is -2.44. The van der Waals surface area contributed by atoms with Gasteiger partial charge in [-0.05, 0) is 62.3 Å². The first-order valence-corrected chi connectivity index (χ1v) is 9.13. The zero-order valence-electron chi connectivity index (χ0n) is 14.6. The Labute approximate surface area is 148 Å². The number of nitrogens with zero attached hydrogens (tertiary/aromatic N) is 1. The minimum Gasteiger partial charge on any atom is -0.493 e. The molecule has 0 radical (unpaired) electrons. The number of carbonyl (C=O) groups excluding carboxylic acids is 1. The molecule has 0 unspecified atom stereocenters. The Balaban J connectivity index is 1.67. The second-order valence-corrected chi connectivity index (χ2v) is 7.04. The van der Waals surface area contributed by atoms with Crippen LogP contribution in [-0.4, -0.2) is 50.3 Å². The molecule has 0 aromatic heterocycles. The molecule has 2 heterocycles. The number of amides is 1. The Morgan fingerprint density at radius 3 is 2.64 bits per heavy atom. The molecule has 138 valence electrons. The van der Waals surface area contributed by atoms with Gasteiger partial charge in [-0.15, -0.1) is 0 Å². The van der Waals surface area contributed by atoms with Crippen molar-refractivity contribution in [1.82, 2.24) is 4.90 Å². The summed E-state index contributed by atoms with van der Waals surface area (Å²) in [6, 6.07) is 4.13. The van der Waals surface area contributed by atoms with Gasteiger partial charge in [-0.3, -0.25) is 4.79 Å². The highest BCUT2D eigenvalue weighted by Crippen LogP contribution is 2.41. The third-order valence-electron chi connectivity index (χ3n) is 5.44. The average molecular weight is 350 g/mol. The molecule has 1 amide bonds. The van der Waals surface area contributed by atoms with Crippen molar-refractivity contribution in [2.24, 2.45) is 11.1 Å². The smallest absolute Gasteiger partial charge is 0.257 e. The van der Waals surface area contributed by atoms with E-state index in [9.17, 15) is 9.18 Å². The number of piperidine rings is 1. The summed E-state index contributed by atoms with van der Waals surface area (Å²) in [4.78, 5) is 14.7. The van der Waals surface area contributed by atoms with Gasteiger partial charge in [0.2, 0.25) is 0 Å². The van der Waals surface area contributed by atoms with Gasteiger partial charge < -0.3 is 20.1 Å². The lowest BCUT2D eigenvalue weighted by atomic mass is 9.72. The lowest BCUT2D eigenvalue weighted by Crippen LogP contribution is -2.45. The minimum absolute atomic E-state index is 0.149. The molecule has 5 nitrogen and oxygen atoms in total. The highest BCUT2D eigenvalue weighted by molar-refractivity contribution is 5.97. The maximum atomic E-state index is 13.7. The number of nitrogens with two attached hydrogens (primary N) is 1. The van der Waals surface area contributed by atoms with Crippen LogP contribution >= 0.6 is 0 Å². The van der Waals surface area contributed by atoms with Crippen molar-refractivity contribution in [3.05, 3.63) is 29.6 Å². The van der Waals surface area contributed by atoms with Crippen LogP contribution in [0.2, 0.25) is 0 Å².